The number of halogens is 1. The van der Waals surface area contributed by atoms with Gasteiger partial charge in [0.1, 0.15) is 5.82 Å². The maximum Gasteiger partial charge on any atom is 0.274 e. The number of amides is 1. The largest absolute Gasteiger partial charge is 0.345 e. The molecule has 4 heterocycles. The first-order chi connectivity index (χ1) is 12.3. The molecule has 2 aromatic rings. The number of fused-ring (bicyclic) bond motifs is 1. The van der Waals surface area contributed by atoms with Crippen molar-refractivity contribution in [1.29, 1.82) is 0 Å². The predicted molar refractivity (Wildman–Crippen MR) is 103 cm³/mol. The molecule has 4 rings (SSSR count). The van der Waals surface area contributed by atoms with E-state index in [1.54, 1.807) is 0 Å². The molecular formula is C16H24ClN7OS. The molecule has 2 aliphatic rings. The van der Waals surface area contributed by atoms with Crippen LogP contribution in [0.3, 0.4) is 0 Å². The van der Waals surface area contributed by atoms with Gasteiger partial charge in [0.2, 0.25) is 5.13 Å². The molecule has 0 bridgehead atoms. The van der Waals surface area contributed by atoms with Gasteiger partial charge in [0.25, 0.3) is 5.91 Å². The maximum atomic E-state index is 13.0. The number of aryl methyl sites for hydroxylation is 1. The predicted octanol–water partition coefficient (Wildman–Crippen LogP) is 1.24. The van der Waals surface area contributed by atoms with Crippen molar-refractivity contribution in [2.75, 3.05) is 37.6 Å². The fourth-order valence-corrected chi connectivity index (χ4v) is 4.18. The Labute approximate surface area is 162 Å². The van der Waals surface area contributed by atoms with E-state index in [0.717, 1.165) is 74.2 Å². The van der Waals surface area contributed by atoms with Crippen molar-refractivity contribution >= 4 is 35.0 Å². The fourth-order valence-electron chi connectivity index (χ4n) is 3.38. The normalized spacial score (nSPS) is 17.4. The molecule has 1 amide bonds. The lowest BCUT2D eigenvalue weighted by atomic mass is 10.1. The second-order valence-corrected chi connectivity index (χ2v) is 7.17. The van der Waals surface area contributed by atoms with Crippen LogP contribution in [0.5, 0.6) is 0 Å². The van der Waals surface area contributed by atoms with Crippen LogP contribution < -0.4 is 10.2 Å². The van der Waals surface area contributed by atoms with E-state index in [9.17, 15) is 4.79 Å². The molecule has 0 unspecified atom stereocenters. The average molecular weight is 398 g/mol. The standard InChI is InChI=1S/C16H23N7OS.ClH/c1-2-13-18-16(25-21-13)23-7-3-6-22(8-9-23)15(24)14-11-10-17-5-4-12(11)19-20-14;/h17H,2-10H2,1H3,(H,19,20);1H. The van der Waals surface area contributed by atoms with Gasteiger partial charge in [0.15, 0.2) is 5.69 Å². The van der Waals surface area contributed by atoms with Crippen molar-refractivity contribution < 1.29 is 4.79 Å². The summed E-state index contributed by atoms with van der Waals surface area (Å²) < 4.78 is 4.37. The van der Waals surface area contributed by atoms with E-state index >= 15 is 0 Å². The molecule has 0 saturated carbocycles. The first-order valence-electron chi connectivity index (χ1n) is 8.90. The Bertz CT molecular complexity index is 762. The zero-order chi connectivity index (χ0) is 17.2. The van der Waals surface area contributed by atoms with Crippen LogP contribution in [-0.4, -0.2) is 63.1 Å². The third-order valence-electron chi connectivity index (χ3n) is 4.84. The summed E-state index contributed by atoms with van der Waals surface area (Å²) in [5, 5.41) is 11.6. The average Bonchev–Trinajstić information content (AvgIpc) is 3.22. The van der Waals surface area contributed by atoms with E-state index in [1.165, 1.54) is 11.5 Å². The minimum Gasteiger partial charge on any atom is -0.345 e. The molecule has 2 aliphatic heterocycles. The summed E-state index contributed by atoms with van der Waals surface area (Å²) in [5.74, 6) is 0.933. The summed E-state index contributed by atoms with van der Waals surface area (Å²) in [6, 6.07) is 0. The van der Waals surface area contributed by atoms with Gasteiger partial charge in [-0.1, -0.05) is 6.92 Å². The molecule has 0 atom stereocenters. The Kier molecular flexibility index (Phi) is 6.10. The molecule has 0 radical (unpaired) electrons. The number of carbonyl (C=O) groups is 1. The van der Waals surface area contributed by atoms with Crippen LogP contribution in [-0.2, 0) is 19.4 Å². The molecule has 1 saturated heterocycles. The second kappa shape index (κ2) is 8.32. The van der Waals surface area contributed by atoms with Gasteiger partial charge in [-0.3, -0.25) is 9.89 Å². The van der Waals surface area contributed by atoms with Gasteiger partial charge in [-0.2, -0.15) is 9.47 Å². The van der Waals surface area contributed by atoms with Crippen molar-refractivity contribution in [2.45, 2.75) is 32.7 Å². The molecular weight excluding hydrogens is 374 g/mol. The number of hydrogen-bond donors (Lipinski definition) is 2. The highest BCUT2D eigenvalue weighted by Crippen LogP contribution is 2.21. The van der Waals surface area contributed by atoms with Crippen LogP contribution in [0.1, 0.15) is 40.9 Å². The van der Waals surface area contributed by atoms with Crippen LogP contribution in [0.2, 0.25) is 0 Å². The summed E-state index contributed by atoms with van der Waals surface area (Å²) in [5.41, 5.74) is 2.72. The number of hydrogen-bond acceptors (Lipinski definition) is 7. The number of carbonyl (C=O) groups excluding carboxylic acids is 1. The maximum absolute atomic E-state index is 13.0. The highest BCUT2D eigenvalue weighted by Gasteiger charge is 2.27. The Morgan fingerprint density at radius 3 is 2.96 bits per heavy atom. The van der Waals surface area contributed by atoms with E-state index in [-0.39, 0.29) is 18.3 Å². The summed E-state index contributed by atoms with van der Waals surface area (Å²) >= 11 is 1.45. The quantitative estimate of drug-likeness (QED) is 0.810. The minimum absolute atomic E-state index is 0. The second-order valence-electron chi connectivity index (χ2n) is 6.44. The van der Waals surface area contributed by atoms with Crippen molar-refractivity contribution in [3.63, 3.8) is 0 Å². The SMILES string of the molecule is CCc1nsc(N2CCCN(C(=O)c3n[nH]c4c3CNCC4)CC2)n1.Cl. The lowest BCUT2D eigenvalue weighted by Gasteiger charge is -2.21. The Morgan fingerprint density at radius 2 is 2.15 bits per heavy atom. The Balaban J connectivity index is 0.00000196. The highest BCUT2D eigenvalue weighted by molar-refractivity contribution is 7.09. The van der Waals surface area contributed by atoms with Gasteiger partial charge < -0.3 is 15.1 Å². The number of nitrogens with zero attached hydrogens (tertiary/aromatic N) is 5. The van der Waals surface area contributed by atoms with Crippen LogP contribution in [0.15, 0.2) is 0 Å². The van der Waals surface area contributed by atoms with E-state index < -0.39 is 0 Å². The first-order valence-corrected chi connectivity index (χ1v) is 9.67. The van der Waals surface area contributed by atoms with Crippen molar-refractivity contribution in [1.82, 2.24) is 29.8 Å². The Morgan fingerprint density at radius 1 is 1.27 bits per heavy atom. The third kappa shape index (κ3) is 3.70. The summed E-state index contributed by atoms with van der Waals surface area (Å²) in [6.07, 6.45) is 2.69. The van der Waals surface area contributed by atoms with Gasteiger partial charge in [0, 0.05) is 74.9 Å². The van der Waals surface area contributed by atoms with E-state index in [1.807, 2.05) is 4.90 Å². The first kappa shape index (κ1) is 19.1. The zero-order valence-corrected chi connectivity index (χ0v) is 16.5. The number of rotatable bonds is 3. The van der Waals surface area contributed by atoms with Crippen LogP contribution in [0.4, 0.5) is 5.13 Å². The van der Waals surface area contributed by atoms with E-state index in [4.69, 9.17) is 0 Å². The van der Waals surface area contributed by atoms with Crippen LogP contribution in [0, 0.1) is 0 Å². The van der Waals surface area contributed by atoms with E-state index in [2.05, 4.69) is 36.7 Å². The molecule has 0 spiro atoms. The van der Waals surface area contributed by atoms with Gasteiger partial charge in [-0.05, 0) is 6.42 Å². The monoisotopic (exact) mass is 397 g/mol. The Hall–Kier alpha value is -1.71. The van der Waals surface area contributed by atoms with Crippen molar-refractivity contribution in [2.24, 2.45) is 0 Å². The van der Waals surface area contributed by atoms with Crippen molar-refractivity contribution in [3.8, 4) is 0 Å². The third-order valence-corrected chi connectivity index (χ3v) is 5.65. The topological polar surface area (TPSA) is 90.0 Å². The lowest BCUT2D eigenvalue weighted by molar-refractivity contribution is 0.0759. The number of H-pyrrole nitrogens is 1. The molecule has 142 valence electrons. The molecule has 0 aromatic carbocycles. The summed E-state index contributed by atoms with van der Waals surface area (Å²) in [6.45, 7) is 6.85. The highest BCUT2D eigenvalue weighted by atomic mass is 35.5. The molecule has 2 N–H and O–H groups in total. The van der Waals surface area contributed by atoms with Crippen LogP contribution in [0.25, 0.3) is 0 Å². The summed E-state index contributed by atoms with van der Waals surface area (Å²) in [7, 11) is 0. The minimum atomic E-state index is 0. The van der Waals surface area contributed by atoms with Crippen LogP contribution >= 0.6 is 23.9 Å². The molecule has 2 aromatic heterocycles. The number of aromatic amines is 1. The molecule has 10 heteroatoms. The lowest BCUT2D eigenvalue weighted by Crippen LogP contribution is -2.36. The van der Waals surface area contributed by atoms with E-state index in [0.29, 0.717) is 12.2 Å². The molecule has 0 aliphatic carbocycles. The molecule has 1 fully saturated rings. The van der Waals surface area contributed by atoms with Gasteiger partial charge >= 0.3 is 0 Å². The number of aromatic nitrogens is 4. The van der Waals surface area contributed by atoms with Crippen molar-refractivity contribution in [3.05, 3.63) is 22.8 Å². The van der Waals surface area contributed by atoms with Gasteiger partial charge in [-0.15, -0.1) is 12.4 Å². The zero-order valence-electron chi connectivity index (χ0n) is 14.8. The van der Waals surface area contributed by atoms with Gasteiger partial charge in [-0.25, -0.2) is 4.98 Å². The smallest absolute Gasteiger partial charge is 0.274 e. The summed E-state index contributed by atoms with van der Waals surface area (Å²) in [4.78, 5) is 21.7. The fraction of sp³-hybridized carbons (Fsp3) is 0.625. The molecule has 26 heavy (non-hydrogen) atoms. The molecule has 8 nitrogen and oxygen atoms in total. The van der Waals surface area contributed by atoms with Gasteiger partial charge in [0.05, 0.1) is 0 Å². The number of anilines is 1. The number of nitrogens with one attached hydrogen (secondary N) is 2.